The van der Waals surface area contributed by atoms with Crippen molar-refractivity contribution in [2.45, 2.75) is 46.5 Å². The monoisotopic (exact) mass is 316 g/mol. The second kappa shape index (κ2) is 7.73. The molecule has 1 saturated heterocycles. The van der Waals surface area contributed by atoms with Gasteiger partial charge in [0.2, 0.25) is 5.91 Å². The van der Waals surface area contributed by atoms with Crippen molar-refractivity contribution in [3.8, 4) is 0 Å². The molecule has 23 heavy (non-hydrogen) atoms. The van der Waals surface area contributed by atoms with Crippen LogP contribution in [-0.4, -0.2) is 24.8 Å². The Labute approximate surface area is 139 Å². The van der Waals surface area contributed by atoms with E-state index in [4.69, 9.17) is 0 Å². The SMILES string of the molecule is CC(C)(C)C(=O)c1ccc(NC(=O)CCC2CCNCC2)cc1. The van der Waals surface area contributed by atoms with Crippen molar-refractivity contribution in [1.82, 2.24) is 5.32 Å². The highest BCUT2D eigenvalue weighted by atomic mass is 16.1. The van der Waals surface area contributed by atoms with Crippen LogP contribution in [0.25, 0.3) is 0 Å². The van der Waals surface area contributed by atoms with E-state index < -0.39 is 0 Å². The van der Waals surface area contributed by atoms with Gasteiger partial charge in [-0.1, -0.05) is 20.8 Å². The summed E-state index contributed by atoms with van der Waals surface area (Å²) in [5.74, 6) is 0.827. The molecule has 1 fully saturated rings. The van der Waals surface area contributed by atoms with E-state index in [1.54, 1.807) is 24.3 Å². The maximum absolute atomic E-state index is 12.2. The number of anilines is 1. The zero-order valence-corrected chi connectivity index (χ0v) is 14.4. The van der Waals surface area contributed by atoms with Crippen molar-refractivity contribution in [3.05, 3.63) is 29.8 Å². The standard InChI is InChI=1S/C19H28N2O2/c1-19(2,3)18(23)15-5-7-16(8-6-15)21-17(22)9-4-14-10-12-20-13-11-14/h5-8,14,20H,4,9-13H2,1-3H3,(H,21,22). The lowest BCUT2D eigenvalue weighted by molar-refractivity contribution is -0.116. The lowest BCUT2D eigenvalue weighted by atomic mass is 9.86. The van der Waals surface area contributed by atoms with E-state index in [9.17, 15) is 9.59 Å². The molecule has 1 aliphatic heterocycles. The van der Waals surface area contributed by atoms with Crippen molar-refractivity contribution in [3.63, 3.8) is 0 Å². The molecule has 0 aliphatic carbocycles. The van der Waals surface area contributed by atoms with Crippen LogP contribution in [0.3, 0.4) is 0 Å². The molecule has 1 heterocycles. The Balaban J connectivity index is 1.83. The molecule has 0 saturated carbocycles. The Morgan fingerprint density at radius 3 is 2.30 bits per heavy atom. The first-order valence-electron chi connectivity index (χ1n) is 8.52. The molecule has 1 aromatic carbocycles. The minimum Gasteiger partial charge on any atom is -0.326 e. The van der Waals surface area contributed by atoms with Crippen LogP contribution >= 0.6 is 0 Å². The first-order valence-corrected chi connectivity index (χ1v) is 8.52. The number of piperidine rings is 1. The molecule has 0 atom stereocenters. The maximum atomic E-state index is 12.2. The lowest BCUT2D eigenvalue weighted by Crippen LogP contribution is -2.28. The molecule has 1 aliphatic rings. The van der Waals surface area contributed by atoms with Gasteiger partial charge in [0.15, 0.2) is 5.78 Å². The van der Waals surface area contributed by atoms with Gasteiger partial charge in [-0.15, -0.1) is 0 Å². The number of nitrogens with one attached hydrogen (secondary N) is 2. The summed E-state index contributed by atoms with van der Waals surface area (Å²) in [6.45, 7) is 7.86. The Morgan fingerprint density at radius 1 is 1.13 bits per heavy atom. The van der Waals surface area contributed by atoms with E-state index in [1.807, 2.05) is 20.8 Å². The Kier molecular flexibility index (Phi) is 5.94. The van der Waals surface area contributed by atoms with Crippen LogP contribution in [0.2, 0.25) is 0 Å². The van der Waals surface area contributed by atoms with Crippen LogP contribution in [0.4, 0.5) is 5.69 Å². The predicted molar refractivity (Wildman–Crippen MR) is 93.7 cm³/mol. The summed E-state index contributed by atoms with van der Waals surface area (Å²) in [5.41, 5.74) is 1.05. The van der Waals surface area contributed by atoms with Gasteiger partial charge in [0.25, 0.3) is 0 Å². The van der Waals surface area contributed by atoms with E-state index in [-0.39, 0.29) is 17.1 Å². The number of amides is 1. The van der Waals surface area contributed by atoms with Crippen LogP contribution < -0.4 is 10.6 Å². The summed E-state index contributed by atoms with van der Waals surface area (Å²) in [7, 11) is 0. The minimum absolute atomic E-state index is 0.0541. The first-order chi connectivity index (χ1) is 10.9. The molecule has 126 valence electrons. The van der Waals surface area contributed by atoms with Gasteiger partial charge in [-0.25, -0.2) is 0 Å². The number of benzene rings is 1. The normalized spacial score (nSPS) is 16.1. The summed E-state index contributed by atoms with van der Waals surface area (Å²) in [5, 5.41) is 6.26. The quantitative estimate of drug-likeness (QED) is 0.816. The first kappa shape index (κ1) is 17.7. The van der Waals surface area contributed by atoms with Crippen molar-refractivity contribution < 1.29 is 9.59 Å². The molecule has 0 radical (unpaired) electrons. The van der Waals surface area contributed by atoms with Gasteiger partial charge in [0, 0.05) is 23.1 Å². The van der Waals surface area contributed by atoms with Gasteiger partial charge in [-0.2, -0.15) is 0 Å². The van der Waals surface area contributed by atoms with E-state index in [0.717, 1.165) is 38.0 Å². The molecule has 4 heteroatoms. The zero-order valence-electron chi connectivity index (χ0n) is 14.4. The minimum atomic E-state index is -0.389. The van der Waals surface area contributed by atoms with Gasteiger partial charge in [-0.05, 0) is 62.5 Å². The summed E-state index contributed by atoms with van der Waals surface area (Å²) in [6, 6.07) is 7.19. The number of hydrogen-bond acceptors (Lipinski definition) is 3. The van der Waals surface area contributed by atoms with Crippen LogP contribution in [-0.2, 0) is 4.79 Å². The number of carbonyl (C=O) groups excluding carboxylic acids is 2. The molecule has 0 unspecified atom stereocenters. The second-order valence-electron chi connectivity index (χ2n) is 7.44. The largest absolute Gasteiger partial charge is 0.326 e. The van der Waals surface area contributed by atoms with Crippen molar-refractivity contribution in [2.75, 3.05) is 18.4 Å². The average Bonchev–Trinajstić information content (AvgIpc) is 2.53. The highest BCUT2D eigenvalue weighted by Crippen LogP contribution is 2.22. The third kappa shape index (κ3) is 5.47. The molecule has 0 bridgehead atoms. The molecule has 4 nitrogen and oxygen atoms in total. The van der Waals surface area contributed by atoms with Crippen molar-refractivity contribution >= 4 is 17.4 Å². The summed E-state index contributed by atoms with van der Waals surface area (Å²) < 4.78 is 0. The summed E-state index contributed by atoms with van der Waals surface area (Å²) in [4.78, 5) is 24.2. The highest BCUT2D eigenvalue weighted by molar-refractivity contribution is 6.00. The van der Waals surface area contributed by atoms with Crippen LogP contribution in [0, 0.1) is 11.3 Å². The fraction of sp³-hybridized carbons (Fsp3) is 0.579. The summed E-state index contributed by atoms with van der Waals surface area (Å²) in [6.07, 6.45) is 3.84. The molecule has 1 aromatic rings. The maximum Gasteiger partial charge on any atom is 0.224 e. The third-order valence-electron chi connectivity index (χ3n) is 4.35. The second-order valence-corrected chi connectivity index (χ2v) is 7.44. The van der Waals surface area contributed by atoms with Gasteiger partial charge in [-0.3, -0.25) is 9.59 Å². The Hall–Kier alpha value is -1.68. The van der Waals surface area contributed by atoms with Gasteiger partial charge < -0.3 is 10.6 Å². The zero-order chi connectivity index (χ0) is 16.9. The van der Waals surface area contributed by atoms with E-state index in [2.05, 4.69) is 10.6 Å². The molecular weight excluding hydrogens is 288 g/mol. The number of carbonyl (C=O) groups is 2. The van der Waals surface area contributed by atoms with E-state index in [1.165, 1.54) is 0 Å². The van der Waals surface area contributed by atoms with Gasteiger partial charge in [0.1, 0.15) is 0 Å². The topological polar surface area (TPSA) is 58.2 Å². The Bertz CT molecular complexity index is 537. The van der Waals surface area contributed by atoms with Crippen LogP contribution in [0.1, 0.15) is 56.8 Å². The highest BCUT2D eigenvalue weighted by Gasteiger charge is 2.22. The van der Waals surface area contributed by atoms with Crippen molar-refractivity contribution in [2.24, 2.45) is 11.3 Å². The number of rotatable bonds is 5. The third-order valence-corrected chi connectivity index (χ3v) is 4.35. The Morgan fingerprint density at radius 2 is 1.74 bits per heavy atom. The van der Waals surface area contributed by atoms with Crippen LogP contribution in [0.15, 0.2) is 24.3 Å². The van der Waals surface area contributed by atoms with Gasteiger partial charge >= 0.3 is 0 Å². The summed E-state index contributed by atoms with van der Waals surface area (Å²) >= 11 is 0. The fourth-order valence-corrected chi connectivity index (χ4v) is 2.87. The average molecular weight is 316 g/mol. The molecule has 2 N–H and O–H groups in total. The molecule has 0 aromatic heterocycles. The predicted octanol–water partition coefficient (Wildman–Crippen LogP) is 3.63. The molecule has 0 spiro atoms. The van der Waals surface area contributed by atoms with Crippen molar-refractivity contribution in [1.29, 1.82) is 0 Å². The fourth-order valence-electron chi connectivity index (χ4n) is 2.87. The smallest absolute Gasteiger partial charge is 0.224 e. The lowest BCUT2D eigenvalue weighted by Gasteiger charge is -2.22. The number of ketones is 1. The number of Topliss-reactive ketones (excluding diaryl/α,β-unsaturated/α-hetero) is 1. The molecular formula is C19H28N2O2. The van der Waals surface area contributed by atoms with E-state index >= 15 is 0 Å². The van der Waals surface area contributed by atoms with Crippen LogP contribution in [0.5, 0.6) is 0 Å². The molecule has 2 rings (SSSR count). The number of hydrogen-bond donors (Lipinski definition) is 2. The molecule has 1 amide bonds. The van der Waals surface area contributed by atoms with E-state index in [0.29, 0.717) is 17.9 Å². The van der Waals surface area contributed by atoms with Gasteiger partial charge in [0.05, 0.1) is 0 Å².